The van der Waals surface area contributed by atoms with Crippen LogP contribution in [0.4, 0.5) is 5.69 Å². The smallest absolute Gasteiger partial charge is 0.273 e. The first-order valence-electron chi connectivity index (χ1n) is 6.13. The predicted octanol–water partition coefficient (Wildman–Crippen LogP) is 1.64. The van der Waals surface area contributed by atoms with Crippen molar-refractivity contribution in [3.63, 3.8) is 0 Å². The molecule has 0 spiro atoms. The maximum Gasteiger partial charge on any atom is 0.312 e. The van der Waals surface area contributed by atoms with Crippen LogP contribution >= 0.6 is 0 Å². The molecule has 0 bridgehead atoms. The van der Waals surface area contributed by atoms with Gasteiger partial charge in [-0.3, -0.25) is 19.6 Å². The highest BCUT2D eigenvalue weighted by Crippen LogP contribution is 2.21. The van der Waals surface area contributed by atoms with Crippen molar-refractivity contribution in [2.45, 2.75) is 33.7 Å². The molecule has 0 fully saturated rings. The summed E-state index contributed by atoms with van der Waals surface area (Å²) in [6.07, 6.45) is 3.43. The van der Waals surface area contributed by atoms with Crippen LogP contribution in [-0.2, 0) is 6.54 Å². The minimum absolute atomic E-state index is 0.00684. The van der Waals surface area contributed by atoms with Crippen molar-refractivity contribution < 1.29 is 9.72 Å². The molecule has 8 heteroatoms. The van der Waals surface area contributed by atoms with Crippen LogP contribution in [0.5, 0.6) is 0 Å². The van der Waals surface area contributed by atoms with Crippen molar-refractivity contribution in [3.05, 3.63) is 39.5 Å². The summed E-state index contributed by atoms with van der Waals surface area (Å²) in [4.78, 5) is 22.3. The van der Waals surface area contributed by atoms with Gasteiger partial charge in [-0.2, -0.15) is 10.2 Å². The summed E-state index contributed by atoms with van der Waals surface area (Å²) in [5.74, 6) is -0.173. The lowest BCUT2D eigenvalue weighted by Gasteiger charge is -2.03. The van der Waals surface area contributed by atoms with E-state index in [9.17, 15) is 14.9 Å². The van der Waals surface area contributed by atoms with Crippen molar-refractivity contribution in [2.75, 3.05) is 0 Å². The fourth-order valence-corrected chi connectivity index (χ4v) is 2.03. The number of carbonyl (C=O) groups excluding carboxylic acids is 1. The first-order chi connectivity index (χ1) is 9.40. The van der Waals surface area contributed by atoms with Gasteiger partial charge in [0.05, 0.1) is 17.7 Å². The minimum atomic E-state index is -0.452. The molecular formula is C12H15N5O3. The van der Waals surface area contributed by atoms with Crippen molar-refractivity contribution in [1.82, 2.24) is 19.6 Å². The van der Waals surface area contributed by atoms with Crippen molar-refractivity contribution in [2.24, 2.45) is 0 Å². The number of hydrogen-bond acceptors (Lipinski definition) is 5. The van der Waals surface area contributed by atoms with E-state index in [1.54, 1.807) is 26.2 Å². The molecule has 2 rings (SSSR count). The van der Waals surface area contributed by atoms with Crippen LogP contribution in [0.3, 0.4) is 0 Å². The second kappa shape index (κ2) is 5.24. The van der Waals surface area contributed by atoms with Crippen LogP contribution in [0.1, 0.15) is 28.2 Å². The molecule has 0 saturated heterocycles. The van der Waals surface area contributed by atoms with Crippen molar-refractivity contribution in [1.29, 1.82) is 0 Å². The van der Waals surface area contributed by atoms with Gasteiger partial charge in [-0.15, -0.1) is 0 Å². The molecule has 20 heavy (non-hydrogen) atoms. The van der Waals surface area contributed by atoms with Gasteiger partial charge in [0, 0.05) is 12.6 Å². The average Bonchev–Trinajstić information content (AvgIpc) is 2.90. The van der Waals surface area contributed by atoms with Gasteiger partial charge in [-0.1, -0.05) is 0 Å². The second-order valence-electron chi connectivity index (χ2n) is 4.61. The molecule has 106 valence electrons. The lowest BCUT2D eigenvalue weighted by atomic mass is 10.3. The summed E-state index contributed by atoms with van der Waals surface area (Å²) in [6.45, 7) is 5.35. The summed E-state index contributed by atoms with van der Waals surface area (Å²) < 4.78 is 2.76. The number of aryl methyl sites for hydroxylation is 3. The highest BCUT2D eigenvalue weighted by molar-refractivity contribution is 5.77. The molecule has 2 aromatic rings. The van der Waals surface area contributed by atoms with Crippen LogP contribution in [0.2, 0.25) is 0 Å². The van der Waals surface area contributed by atoms with Gasteiger partial charge in [-0.05, 0) is 26.3 Å². The third-order valence-corrected chi connectivity index (χ3v) is 3.03. The van der Waals surface area contributed by atoms with Crippen LogP contribution in [0.15, 0.2) is 12.4 Å². The van der Waals surface area contributed by atoms with Gasteiger partial charge < -0.3 is 0 Å². The molecule has 0 aromatic carbocycles. The van der Waals surface area contributed by atoms with Gasteiger partial charge >= 0.3 is 5.69 Å². The molecule has 2 aromatic heterocycles. The zero-order valence-electron chi connectivity index (χ0n) is 11.5. The number of carbonyl (C=O) groups is 1. The third-order valence-electron chi connectivity index (χ3n) is 3.03. The number of hydrogen-bond donors (Lipinski definition) is 0. The molecule has 0 unspecified atom stereocenters. The Kier molecular flexibility index (Phi) is 3.64. The Morgan fingerprint density at radius 3 is 2.60 bits per heavy atom. The lowest BCUT2D eigenvalue weighted by Crippen LogP contribution is -2.15. The largest absolute Gasteiger partial charge is 0.312 e. The zero-order chi connectivity index (χ0) is 14.9. The van der Waals surface area contributed by atoms with Crippen LogP contribution in [0.25, 0.3) is 0 Å². The third kappa shape index (κ3) is 2.58. The Labute approximate surface area is 115 Å². The van der Waals surface area contributed by atoms with Crippen LogP contribution in [0, 0.1) is 30.9 Å². The lowest BCUT2D eigenvalue weighted by molar-refractivity contribution is -0.386. The normalized spacial score (nSPS) is 10.8. The van der Waals surface area contributed by atoms with E-state index in [1.807, 2.05) is 6.92 Å². The van der Waals surface area contributed by atoms with Crippen LogP contribution in [-0.4, -0.2) is 30.4 Å². The Morgan fingerprint density at radius 1 is 1.40 bits per heavy atom. The Balaban J connectivity index is 2.10. The van der Waals surface area contributed by atoms with E-state index in [4.69, 9.17) is 0 Å². The van der Waals surface area contributed by atoms with E-state index >= 15 is 0 Å². The average molecular weight is 277 g/mol. The molecule has 2 heterocycles. The molecule has 0 aliphatic rings. The molecule has 0 amide bonds. The highest BCUT2D eigenvalue weighted by Gasteiger charge is 2.21. The van der Waals surface area contributed by atoms with E-state index in [0.717, 1.165) is 5.56 Å². The number of nitro groups is 1. The van der Waals surface area contributed by atoms with Gasteiger partial charge in [0.1, 0.15) is 11.4 Å². The summed E-state index contributed by atoms with van der Waals surface area (Å²) >= 11 is 0. The fraction of sp³-hybridized carbons (Fsp3) is 0.417. The summed E-state index contributed by atoms with van der Waals surface area (Å²) in [5.41, 5.74) is 1.72. The molecule has 8 nitrogen and oxygen atoms in total. The SMILES string of the molecule is Cc1cnn(C(=O)CCn2nc(C)c([N+](=O)[O-])c2C)c1. The minimum Gasteiger partial charge on any atom is -0.273 e. The molecule has 0 aliphatic heterocycles. The summed E-state index contributed by atoms with van der Waals surface area (Å²) in [6, 6.07) is 0. The Bertz CT molecular complexity index is 671. The molecule has 0 N–H and O–H groups in total. The van der Waals surface area contributed by atoms with Gasteiger partial charge in [0.15, 0.2) is 0 Å². The Morgan fingerprint density at radius 2 is 2.10 bits per heavy atom. The first-order valence-corrected chi connectivity index (χ1v) is 6.13. The second-order valence-corrected chi connectivity index (χ2v) is 4.61. The zero-order valence-corrected chi connectivity index (χ0v) is 11.5. The molecule has 0 radical (unpaired) electrons. The molecule has 0 saturated carbocycles. The van der Waals surface area contributed by atoms with E-state index in [1.165, 1.54) is 9.36 Å². The van der Waals surface area contributed by atoms with Gasteiger partial charge in [0.25, 0.3) is 0 Å². The van der Waals surface area contributed by atoms with Crippen LogP contribution < -0.4 is 0 Å². The van der Waals surface area contributed by atoms with Crippen molar-refractivity contribution in [3.8, 4) is 0 Å². The first kappa shape index (κ1) is 13.9. The fourth-order valence-electron chi connectivity index (χ4n) is 2.03. The quantitative estimate of drug-likeness (QED) is 0.625. The number of nitrogens with zero attached hydrogens (tertiary/aromatic N) is 5. The van der Waals surface area contributed by atoms with E-state index in [0.29, 0.717) is 11.4 Å². The predicted molar refractivity (Wildman–Crippen MR) is 70.6 cm³/mol. The maximum atomic E-state index is 11.9. The number of aromatic nitrogens is 4. The molecular weight excluding hydrogens is 262 g/mol. The summed E-state index contributed by atoms with van der Waals surface area (Å²) in [7, 11) is 0. The Hall–Kier alpha value is -2.51. The van der Waals surface area contributed by atoms with Gasteiger partial charge in [0.2, 0.25) is 5.91 Å². The topological polar surface area (TPSA) is 95.8 Å². The monoisotopic (exact) mass is 277 g/mol. The van der Waals surface area contributed by atoms with E-state index in [-0.39, 0.29) is 24.6 Å². The van der Waals surface area contributed by atoms with Crippen molar-refractivity contribution >= 4 is 11.6 Å². The van der Waals surface area contributed by atoms with E-state index in [2.05, 4.69) is 10.2 Å². The standard InChI is InChI=1S/C12H15N5O3/c1-8-6-13-16(7-8)11(18)4-5-15-10(3)12(17(19)20)9(2)14-15/h6-7H,4-5H2,1-3H3. The summed E-state index contributed by atoms with van der Waals surface area (Å²) in [5, 5.41) is 18.9. The molecule has 0 aliphatic carbocycles. The van der Waals surface area contributed by atoms with E-state index < -0.39 is 4.92 Å². The highest BCUT2D eigenvalue weighted by atomic mass is 16.6. The molecule has 0 atom stereocenters. The number of rotatable bonds is 4. The van der Waals surface area contributed by atoms with Gasteiger partial charge in [-0.25, -0.2) is 4.68 Å². The maximum absolute atomic E-state index is 11.9.